The van der Waals surface area contributed by atoms with E-state index < -0.39 is 5.38 Å². The molecule has 1 aromatic carbocycles. The molecule has 1 fully saturated rings. The van der Waals surface area contributed by atoms with Crippen molar-refractivity contribution in [2.75, 3.05) is 31.1 Å². The molecule has 0 spiro atoms. The van der Waals surface area contributed by atoms with E-state index in [1.54, 1.807) is 6.92 Å². The molecule has 24 heavy (non-hydrogen) atoms. The van der Waals surface area contributed by atoms with Crippen LogP contribution in [0.3, 0.4) is 0 Å². The van der Waals surface area contributed by atoms with Crippen LogP contribution in [0.25, 0.3) is 0 Å². The van der Waals surface area contributed by atoms with Crippen LogP contribution in [-0.2, 0) is 11.2 Å². The zero-order chi connectivity index (χ0) is 17.1. The molecule has 1 saturated heterocycles. The predicted molar refractivity (Wildman–Crippen MR) is 98.3 cm³/mol. The van der Waals surface area contributed by atoms with Crippen LogP contribution >= 0.6 is 34.7 Å². The Hall–Kier alpha value is -1.37. The summed E-state index contributed by atoms with van der Waals surface area (Å²) in [6.07, 6.45) is 0.690. The Labute approximate surface area is 155 Å². The number of aromatic nitrogens is 2. The first-order valence-corrected chi connectivity index (χ1v) is 9.36. The first-order chi connectivity index (χ1) is 11.5. The summed E-state index contributed by atoms with van der Waals surface area (Å²) >= 11 is 13.2. The maximum absolute atomic E-state index is 11.9. The van der Waals surface area contributed by atoms with E-state index in [1.807, 2.05) is 29.2 Å². The molecule has 128 valence electrons. The molecule has 1 atom stereocenters. The van der Waals surface area contributed by atoms with E-state index in [4.69, 9.17) is 23.2 Å². The van der Waals surface area contributed by atoms with Gasteiger partial charge in [0.25, 0.3) is 0 Å². The molecular formula is C16H18Cl2N4OS. The number of hydrogen-bond donors (Lipinski definition) is 0. The van der Waals surface area contributed by atoms with Gasteiger partial charge < -0.3 is 9.80 Å². The molecule has 0 radical (unpaired) electrons. The summed E-state index contributed by atoms with van der Waals surface area (Å²) in [5, 5.41) is 1.17. The van der Waals surface area contributed by atoms with Crippen molar-refractivity contribution >= 4 is 45.8 Å². The monoisotopic (exact) mass is 384 g/mol. The predicted octanol–water partition coefficient (Wildman–Crippen LogP) is 3.06. The lowest BCUT2D eigenvalue weighted by Crippen LogP contribution is -2.50. The lowest BCUT2D eigenvalue weighted by atomic mass is 10.1. The number of piperazine rings is 1. The molecule has 0 saturated carbocycles. The Bertz CT molecular complexity index is 696. The van der Waals surface area contributed by atoms with E-state index in [1.165, 1.54) is 11.5 Å². The highest BCUT2D eigenvalue weighted by Gasteiger charge is 2.25. The van der Waals surface area contributed by atoms with E-state index >= 15 is 0 Å². The average Bonchev–Trinajstić information content (AvgIpc) is 3.05. The normalized spacial score (nSPS) is 16.3. The SMILES string of the molecule is C[C@H](Cl)C(=O)N1CCN(c2nc(Cc3ccc(Cl)cc3)ns2)CC1. The molecule has 2 heterocycles. The lowest BCUT2D eigenvalue weighted by molar-refractivity contribution is -0.130. The van der Waals surface area contributed by atoms with Crippen LogP contribution in [0, 0.1) is 0 Å². The molecule has 0 aliphatic carbocycles. The second kappa shape index (κ2) is 7.68. The van der Waals surface area contributed by atoms with E-state index in [2.05, 4.69) is 14.3 Å². The van der Waals surface area contributed by atoms with Gasteiger partial charge in [-0.25, -0.2) is 4.98 Å². The van der Waals surface area contributed by atoms with E-state index in [-0.39, 0.29) is 5.91 Å². The minimum absolute atomic E-state index is 0.00277. The summed E-state index contributed by atoms with van der Waals surface area (Å²) in [4.78, 5) is 20.5. The summed E-state index contributed by atoms with van der Waals surface area (Å²) in [5.41, 5.74) is 1.13. The maximum atomic E-state index is 11.9. The fraction of sp³-hybridized carbons (Fsp3) is 0.438. The lowest BCUT2D eigenvalue weighted by Gasteiger charge is -2.34. The van der Waals surface area contributed by atoms with Gasteiger partial charge in [-0.05, 0) is 24.6 Å². The van der Waals surface area contributed by atoms with Crippen LogP contribution in [0.5, 0.6) is 0 Å². The molecule has 0 N–H and O–H groups in total. The van der Waals surface area contributed by atoms with Crippen molar-refractivity contribution in [1.29, 1.82) is 0 Å². The van der Waals surface area contributed by atoms with E-state index in [0.29, 0.717) is 19.5 Å². The van der Waals surface area contributed by atoms with Crippen LogP contribution in [0.2, 0.25) is 5.02 Å². The van der Waals surface area contributed by atoms with Crippen molar-refractivity contribution < 1.29 is 4.79 Å². The molecular weight excluding hydrogens is 367 g/mol. The van der Waals surface area contributed by atoms with Crippen molar-refractivity contribution in [3.05, 3.63) is 40.7 Å². The topological polar surface area (TPSA) is 49.3 Å². The van der Waals surface area contributed by atoms with Gasteiger partial charge in [-0.3, -0.25) is 4.79 Å². The highest BCUT2D eigenvalue weighted by molar-refractivity contribution is 7.09. The van der Waals surface area contributed by atoms with Crippen LogP contribution in [0.4, 0.5) is 5.13 Å². The van der Waals surface area contributed by atoms with Crippen LogP contribution < -0.4 is 4.90 Å². The fourth-order valence-corrected chi connectivity index (χ4v) is 3.60. The van der Waals surface area contributed by atoms with Crippen molar-refractivity contribution in [3.8, 4) is 0 Å². The van der Waals surface area contributed by atoms with Crippen molar-refractivity contribution in [2.45, 2.75) is 18.7 Å². The Balaban J connectivity index is 1.58. The third-order valence-corrected chi connectivity index (χ3v) is 5.19. The molecule has 1 aliphatic heterocycles. The van der Waals surface area contributed by atoms with Crippen LogP contribution in [-0.4, -0.2) is 51.7 Å². The molecule has 0 bridgehead atoms. The number of amides is 1. The zero-order valence-corrected chi connectivity index (χ0v) is 15.6. The molecule has 1 amide bonds. The number of carbonyl (C=O) groups excluding carboxylic acids is 1. The largest absolute Gasteiger partial charge is 0.343 e. The van der Waals surface area contributed by atoms with E-state index in [9.17, 15) is 4.79 Å². The number of carbonyl (C=O) groups is 1. The number of rotatable bonds is 4. The van der Waals surface area contributed by atoms with Gasteiger partial charge in [-0.15, -0.1) is 11.6 Å². The third kappa shape index (κ3) is 4.18. The number of halogens is 2. The van der Waals surface area contributed by atoms with Crippen molar-refractivity contribution in [2.24, 2.45) is 0 Å². The highest BCUT2D eigenvalue weighted by Crippen LogP contribution is 2.21. The molecule has 8 heteroatoms. The van der Waals surface area contributed by atoms with Gasteiger partial charge in [0.05, 0.1) is 0 Å². The number of nitrogens with zero attached hydrogens (tertiary/aromatic N) is 4. The van der Waals surface area contributed by atoms with Gasteiger partial charge in [0.1, 0.15) is 11.2 Å². The van der Waals surface area contributed by atoms with Crippen molar-refractivity contribution in [3.63, 3.8) is 0 Å². The Kier molecular flexibility index (Phi) is 5.58. The summed E-state index contributed by atoms with van der Waals surface area (Å²) in [5.74, 6) is 0.808. The molecule has 1 aliphatic rings. The third-order valence-electron chi connectivity index (χ3n) is 3.94. The van der Waals surface area contributed by atoms with Gasteiger partial charge in [-0.2, -0.15) is 4.37 Å². The highest BCUT2D eigenvalue weighted by atomic mass is 35.5. The van der Waals surface area contributed by atoms with Crippen LogP contribution in [0.1, 0.15) is 18.3 Å². The number of benzene rings is 1. The first kappa shape index (κ1) is 17.5. The standard InChI is InChI=1S/C16H18Cl2N4OS/c1-11(17)15(23)21-6-8-22(9-7-21)16-19-14(20-24-16)10-12-2-4-13(18)5-3-12/h2-5,11H,6-10H2,1H3/t11-/m0/s1. The van der Waals surface area contributed by atoms with Crippen molar-refractivity contribution in [1.82, 2.24) is 14.3 Å². The summed E-state index contributed by atoms with van der Waals surface area (Å²) in [6, 6.07) is 7.72. The van der Waals surface area contributed by atoms with E-state index in [0.717, 1.165) is 34.6 Å². The van der Waals surface area contributed by atoms with Gasteiger partial charge in [0, 0.05) is 49.2 Å². The second-order valence-corrected chi connectivity index (χ2v) is 7.55. The van der Waals surface area contributed by atoms with Gasteiger partial charge in [-0.1, -0.05) is 23.7 Å². The minimum atomic E-state index is -0.468. The Morgan fingerprint density at radius 3 is 2.54 bits per heavy atom. The van der Waals surface area contributed by atoms with Gasteiger partial charge in [0.15, 0.2) is 0 Å². The average molecular weight is 385 g/mol. The maximum Gasteiger partial charge on any atom is 0.240 e. The second-order valence-electron chi connectivity index (χ2n) is 5.72. The summed E-state index contributed by atoms with van der Waals surface area (Å²) in [7, 11) is 0. The Morgan fingerprint density at radius 1 is 1.25 bits per heavy atom. The van der Waals surface area contributed by atoms with Gasteiger partial charge in [0.2, 0.25) is 11.0 Å². The summed E-state index contributed by atoms with van der Waals surface area (Å²) < 4.78 is 4.45. The molecule has 3 rings (SSSR count). The molecule has 5 nitrogen and oxygen atoms in total. The van der Waals surface area contributed by atoms with Crippen LogP contribution in [0.15, 0.2) is 24.3 Å². The molecule has 1 aromatic heterocycles. The quantitative estimate of drug-likeness (QED) is 0.760. The minimum Gasteiger partial charge on any atom is -0.343 e. The number of alkyl halides is 1. The molecule has 0 unspecified atom stereocenters. The van der Waals surface area contributed by atoms with Gasteiger partial charge >= 0.3 is 0 Å². The Morgan fingerprint density at radius 2 is 1.92 bits per heavy atom. The first-order valence-electron chi connectivity index (χ1n) is 7.78. The zero-order valence-electron chi connectivity index (χ0n) is 13.3. The molecule has 2 aromatic rings. The fourth-order valence-electron chi connectivity index (χ4n) is 2.60. The number of anilines is 1. The number of hydrogen-bond acceptors (Lipinski definition) is 5. The summed E-state index contributed by atoms with van der Waals surface area (Å²) in [6.45, 7) is 4.56. The smallest absolute Gasteiger partial charge is 0.240 e.